The van der Waals surface area contributed by atoms with Crippen LogP contribution in [0, 0.1) is 0 Å². The molecule has 4 heteroatoms. The standard InChI is InChI=1S/C13H20BrNOS/c1-9(8-17-4)15(3)13-6-5-11(10(2)16)7-12(13)14/h5-7,9-10,16H,8H2,1-4H3/t9?,10-/m0/s1. The van der Waals surface area contributed by atoms with Crippen molar-refractivity contribution in [1.29, 1.82) is 0 Å². The summed E-state index contributed by atoms with van der Waals surface area (Å²) in [7, 11) is 2.10. The second-order valence-electron chi connectivity index (χ2n) is 4.30. The van der Waals surface area contributed by atoms with Gasteiger partial charge < -0.3 is 10.0 Å². The van der Waals surface area contributed by atoms with E-state index < -0.39 is 6.10 Å². The maximum absolute atomic E-state index is 9.53. The number of rotatable bonds is 5. The highest BCUT2D eigenvalue weighted by Gasteiger charge is 2.13. The first kappa shape index (κ1) is 14.9. The van der Waals surface area contributed by atoms with Crippen molar-refractivity contribution in [2.45, 2.75) is 26.0 Å². The maximum Gasteiger partial charge on any atom is 0.0762 e. The SMILES string of the molecule is CSCC(C)N(C)c1ccc([C@H](C)O)cc1Br. The molecule has 0 aliphatic heterocycles. The molecule has 1 aromatic rings. The summed E-state index contributed by atoms with van der Waals surface area (Å²) in [6.07, 6.45) is 1.70. The van der Waals surface area contributed by atoms with Crippen LogP contribution < -0.4 is 4.90 Å². The zero-order valence-electron chi connectivity index (χ0n) is 10.8. The number of benzene rings is 1. The Morgan fingerprint density at radius 1 is 1.41 bits per heavy atom. The molecule has 1 N–H and O–H groups in total. The Bertz CT molecular complexity index is 370. The quantitative estimate of drug-likeness (QED) is 0.896. The van der Waals surface area contributed by atoms with Crippen molar-refractivity contribution in [2.24, 2.45) is 0 Å². The van der Waals surface area contributed by atoms with Crippen molar-refractivity contribution in [3.63, 3.8) is 0 Å². The Hall–Kier alpha value is -0.190. The molecule has 0 aromatic heterocycles. The number of nitrogens with zero attached hydrogens (tertiary/aromatic N) is 1. The molecule has 0 heterocycles. The largest absolute Gasteiger partial charge is 0.389 e. The lowest BCUT2D eigenvalue weighted by molar-refractivity contribution is 0.199. The van der Waals surface area contributed by atoms with Crippen LogP contribution in [0.3, 0.4) is 0 Å². The molecule has 0 aliphatic rings. The molecule has 1 unspecified atom stereocenters. The van der Waals surface area contributed by atoms with Gasteiger partial charge in [-0.1, -0.05) is 6.07 Å². The molecular formula is C13H20BrNOS. The average Bonchev–Trinajstić information content (AvgIpc) is 2.28. The van der Waals surface area contributed by atoms with E-state index in [1.807, 2.05) is 23.9 Å². The summed E-state index contributed by atoms with van der Waals surface area (Å²) in [5.74, 6) is 1.10. The van der Waals surface area contributed by atoms with Crippen LogP contribution in [0.4, 0.5) is 5.69 Å². The lowest BCUT2D eigenvalue weighted by Gasteiger charge is -2.28. The van der Waals surface area contributed by atoms with Gasteiger partial charge in [0.15, 0.2) is 0 Å². The lowest BCUT2D eigenvalue weighted by Crippen LogP contribution is -2.31. The van der Waals surface area contributed by atoms with Gasteiger partial charge >= 0.3 is 0 Å². The molecule has 1 aromatic carbocycles. The van der Waals surface area contributed by atoms with E-state index in [0.29, 0.717) is 6.04 Å². The molecule has 96 valence electrons. The Morgan fingerprint density at radius 2 is 2.06 bits per heavy atom. The summed E-state index contributed by atoms with van der Waals surface area (Å²) >= 11 is 5.43. The van der Waals surface area contributed by atoms with Gasteiger partial charge in [-0.3, -0.25) is 0 Å². The molecule has 0 aliphatic carbocycles. The predicted octanol–water partition coefficient (Wildman–Crippen LogP) is 3.69. The van der Waals surface area contributed by atoms with Gasteiger partial charge in [-0.2, -0.15) is 11.8 Å². The van der Waals surface area contributed by atoms with Gasteiger partial charge in [-0.15, -0.1) is 0 Å². The fraction of sp³-hybridized carbons (Fsp3) is 0.538. The fourth-order valence-electron chi connectivity index (χ4n) is 1.66. The Labute approximate surface area is 117 Å². The number of halogens is 1. The first-order valence-corrected chi connectivity index (χ1v) is 7.85. The summed E-state index contributed by atoms with van der Waals surface area (Å²) in [4.78, 5) is 2.26. The molecule has 0 amide bonds. The van der Waals surface area contributed by atoms with Crippen molar-refractivity contribution < 1.29 is 5.11 Å². The summed E-state index contributed by atoms with van der Waals surface area (Å²) in [6.45, 7) is 3.99. The van der Waals surface area contributed by atoms with Gasteiger partial charge in [0.1, 0.15) is 0 Å². The molecule has 0 bridgehead atoms. The maximum atomic E-state index is 9.53. The first-order chi connectivity index (χ1) is 7.97. The lowest BCUT2D eigenvalue weighted by atomic mass is 10.1. The minimum Gasteiger partial charge on any atom is -0.389 e. The van der Waals surface area contributed by atoms with E-state index in [1.165, 1.54) is 0 Å². The summed E-state index contributed by atoms with van der Waals surface area (Å²) in [5.41, 5.74) is 2.10. The monoisotopic (exact) mass is 317 g/mol. The van der Waals surface area contributed by atoms with Crippen LogP contribution in [0.15, 0.2) is 22.7 Å². The summed E-state index contributed by atoms with van der Waals surface area (Å²) in [6, 6.07) is 6.51. The minimum absolute atomic E-state index is 0.422. The molecule has 1 rings (SSSR count). The van der Waals surface area contributed by atoms with Gasteiger partial charge in [0.2, 0.25) is 0 Å². The van der Waals surface area contributed by atoms with E-state index in [9.17, 15) is 5.11 Å². The number of hydrogen-bond acceptors (Lipinski definition) is 3. The van der Waals surface area contributed by atoms with Gasteiger partial charge in [-0.25, -0.2) is 0 Å². The van der Waals surface area contributed by atoms with Gasteiger partial charge in [-0.05, 0) is 53.7 Å². The Balaban J connectivity index is 2.91. The van der Waals surface area contributed by atoms with E-state index >= 15 is 0 Å². The number of anilines is 1. The highest BCUT2D eigenvalue weighted by Crippen LogP contribution is 2.30. The average molecular weight is 318 g/mol. The van der Waals surface area contributed by atoms with Crippen LogP contribution in [0.25, 0.3) is 0 Å². The summed E-state index contributed by atoms with van der Waals surface area (Å²) < 4.78 is 1.03. The molecule has 17 heavy (non-hydrogen) atoms. The molecule has 0 radical (unpaired) electrons. The van der Waals surface area contributed by atoms with E-state index in [2.05, 4.69) is 47.1 Å². The number of aliphatic hydroxyl groups is 1. The third-order valence-electron chi connectivity index (χ3n) is 2.90. The fourth-order valence-corrected chi connectivity index (χ4v) is 3.04. The van der Waals surface area contributed by atoms with E-state index in [-0.39, 0.29) is 0 Å². The van der Waals surface area contributed by atoms with Gasteiger partial charge in [0, 0.05) is 23.3 Å². The Morgan fingerprint density at radius 3 is 2.53 bits per heavy atom. The van der Waals surface area contributed by atoms with Crippen LogP contribution in [0.2, 0.25) is 0 Å². The Kier molecular flexibility index (Phi) is 5.83. The zero-order valence-corrected chi connectivity index (χ0v) is 13.2. The molecule has 0 saturated carbocycles. The molecule has 0 fully saturated rings. The minimum atomic E-state index is -0.422. The van der Waals surface area contributed by atoms with Crippen LogP contribution in [0.5, 0.6) is 0 Å². The molecule has 2 nitrogen and oxygen atoms in total. The van der Waals surface area contributed by atoms with Crippen LogP contribution in [0.1, 0.15) is 25.5 Å². The smallest absolute Gasteiger partial charge is 0.0762 e. The van der Waals surface area contributed by atoms with Crippen molar-refractivity contribution in [2.75, 3.05) is 24.0 Å². The van der Waals surface area contributed by atoms with Crippen LogP contribution in [-0.4, -0.2) is 30.2 Å². The normalized spacial score (nSPS) is 14.5. The van der Waals surface area contributed by atoms with Crippen LogP contribution >= 0.6 is 27.7 Å². The zero-order chi connectivity index (χ0) is 13.0. The number of thioether (sulfide) groups is 1. The van der Waals surface area contributed by atoms with E-state index in [4.69, 9.17) is 0 Å². The van der Waals surface area contributed by atoms with Crippen molar-refractivity contribution in [3.8, 4) is 0 Å². The second-order valence-corrected chi connectivity index (χ2v) is 6.07. The van der Waals surface area contributed by atoms with Crippen molar-refractivity contribution in [1.82, 2.24) is 0 Å². The highest BCUT2D eigenvalue weighted by atomic mass is 79.9. The number of hydrogen-bond donors (Lipinski definition) is 1. The number of aliphatic hydroxyl groups excluding tert-OH is 1. The first-order valence-electron chi connectivity index (χ1n) is 5.66. The third kappa shape index (κ3) is 3.90. The van der Waals surface area contributed by atoms with Crippen molar-refractivity contribution in [3.05, 3.63) is 28.2 Å². The highest BCUT2D eigenvalue weighted by molar-refractivity contribution is 9.10. The van der Waals surface area contributed by atoms with E-state index in [0.717, 1.165) is 21.5 Å². The van der Waals surface area contributed by atoms with Gasteiger partial charge in [0.25, 0.3) is 0 Å². The van der Waals surface area contributed by atoms with E-state index in [1.54, 1.807) is 6.92 Å². The second kappa shape index (κ2) is 6.66. The predicted molar refractivity (Wildman–Crippen MR) is 81.0 cm³/mol. The van der Waals surface area contributed by atoms with Crippen LogP contribution in [-0.2, 0) is 0 Å². The molecule has 0 spiro atoms. The topological polar surface area (TPSA) is 23.5 Å². The summed E-state index contributed by atoms with van der Waals surface area (Å²) in [5, 5.41) is 9.53. The molecule has 0 saturated heterocycles. The van der Waals surface area contributed by atoms with Gasteiger partial charge in [0.05, 0.1) is 11.8 Å². The molecular weight excluding hydrogens is 298 g/mol. The van der Waals surface area contributed by atoms with Crippen molar-refractivity contribution >= 4 is 33.4 Å². The molecule has 2 atom stereocenters. The third-order valence-corrected chi connectivity index (χ3v) is 4.35.